The molecular weight excluding hydrogens is 189 g/mol. The predicted octanol–water partition coefficient (Wildman–Crippen LogP) is 3.87. The summed E-state index contributed by atoms with van der Waals surface area (Å²) in [7, 11) is 0. The van der Waals surface area contributed by atoms with Gasteiger partial charge in [0.25, 0.3) is 0 Å². The van der Waals surface area contributed by atoms with E-state index in [9.17, 15) is 4.39 Å². The minimum Gasteiger partial charge on any atom is -0.207 e. The number of nitriles is 1. The van der Waals surface area contributed by atoms with Crippen molar-refractivity contribution in [1.82, 2.24) is 0 Å². The third-order valence-electron chi connectivity index (χ3n) is 2.68. The third-order valence-corrected chi connectivity index (χ3v) is 2.68. The van der Waals surface area contributed by atoms with Crippen molar-refractivity contribution in [3.8, 4) is 6.07 Å². The van der Waals surface area contributed by atoms with Gasteiger partial charge >= 0.3 is 0 Å². The lowest BCUT2D eigenvalue weighted by molar-refractivity contribution is 0.483. The first-order valence-electron chi connectivity index (χ1n) is 5.34. The molecule has 0 fully saturated rings. The van der Waals surface area contributed by atoms with E-state index in [1.54, 1.807) is 12.1 Å². The summed E-state index contributed by atoms with van der Waals surface area (Å²) in [6, 6.07) is 8.54. The van der Waals surface area contributed by atoms with Crippen LogP contribution in [0.1, 0.15) is 38.2 Å². The van der Waals surface area contributed by atoms with Gasteiger partial charge in [-0.3, -0.25) is 0 Å². The van der Waals surface area contributed by atoms with E-state index >= 15 is 0 Å². The van der Waals surface area contributed by atoms with Crippen molar-refractivity contribution in [3.63, 3.8) is 0 Å². The van der Waals surface area contributed by atoms with Gasteiger partial charge in [-0.2, -0.15) is 5.26 Å². The van der Waals surface area contributed by atoms with Crippen LogP contribution in [-0.4, -0.2) is 0 Å². The third kappa shape index (κ3) is 3.06. The number of rotatable bonds is 4. The molecule has 0 aromatic heterocycles. The van der Waals surface area contributed by atoms with E-state index in [4.69, 9.17) is 5.26 Å². The van der Waals surface area contributed by atoms with Gasteiger partial charge in [0, 0.05) is 0 Å². The highest BCUT2D eigenvalue weighted by Crippen LogP contribution is 2.27. The normalized spacial score (nSPS) is 14.3. The molecule has 0 amide bonds. The molecule has 0 spiro atoms. The maximum absolute atomic E-state index is 12.7. The van der Waals surface area contributed by atoms with Gasteiger partial charge in [-0.05, 0) is 30.0 Å². The maximum Gasteiger partial charge on any atom is 0.123 e. The largest absolute Gasteiger partial charge is 0.207 e. The number of hydrogen-bond donors (Lipinski definition) is 0. The van der Waals surface area contributed by atoms with E-state index in [0.717, 1.165) is 18.4 Å². The Balaban J connectivity index is 2.84. The van der Waals surface area contributed by atoms with Crippen molar-refractivity contribution < 1.29 is 4.39 Å². The molecule has 1 nitrogen and oxygen atoms in total. The molecule has 2 unspecified atom stereocenters. The topological polar surface area (TPSA) is 23.8 Å². The lowest BCUT2D eigenvalue weighted by Gasteiger charge is -2.16. The Kier molecular flexibility index (Phi) is 4.30. The summed E-state index contributed by atoms with van der Waals surface area (Å²) >= 11 is 0. The van der Waals surface area contributed by atoms with Gasteiger partial charge < -0.3 is 0 Å². The highest BCUT2D eigenvalue weighted by molar-refractivity contribution is 5.26. The van der Waals surface area contributed by atoms with Crippen LogP contribution in [0.5, 0.6) is 0 Å². The molecule has 0 aliphatic rings. The minimum atomic E-state index is -0.251. The van der Waals surface area contributed by atoms with Crippen molar-refractivity contribution in [3.05, 3.63) is 35.6 Å². The molecule has 1 aromatic carbocycles. The average Bonchev–Trinajstić information content (AvgIpc) is 2.22. The van der Waals surface area contributed by atoms with E-state index in [2.05, 4.69) is 19.9 Å². The van der Waals surface area contributed by atoms with E-state index in [1.807, 2.05) is 0 Å². The second-order valence-corrected chi connectivity index (χ2v) is 3.92. The summed E-state index contributed by atoms with van der Waals surface area (Å²) in [5.74, 6) is -0.0467. The molecule has 0 heterocycles. The van der Waals surface area contributed by atoms with Crippen LogP contribution in [0.2, 0.25) is 0 Å². The Labute approximate surface area is 90.5 Å². The summed E-state index contributed by atoms with van der Waals surface area (Å²) in [6.45, 7) is 4.18. The Morgan fingerprint density at radius 3 is 2.40 bits per heavy atom. The molecule has 2 atom stereocenters. The number of halogens is 1. The molecule has 15 heavy (non-hydrogen) atoms. The highest BCUT2D eigenvalue weighted by Gasteiger charge is 2.17. The van der Waals surface area contributed by atoms with Gasteiger partial charge in [-0.25, -0.2) is 4.39 Å². The fraction of sp³-hybridized carbons (Fsp3) is 0.462. The zero-order valence-corrected chi connectivity index (χ0v) is 9.20. The van der Waals surface area contributed by atoms with Crippen LogP contribution in [0.4, 0.5) is 4.39 Å². The highest BCUT2D eigenvalue weighted by atomic mass is 19.1. The van der Waals surface area contributed by atoms with E-state index in [-0.39, 0.29) is 11.7 Å². The summed E-state index contributed by atoms with van der Waals surface area (Å²) in [4.78, 5) is 0. The fourth-order valence-corrected chi connectivity index (χ4v) is 1.82. The second-order valence-electron chi connectivity index (χ2n) is 3.92. The van der Waals surface area contributed by atoms with Crippen molar-refractivity contribution in [2.45, 2.75) is 32.6 Å². The molecule has 0 aliphatic carbocycles. The molecule has 0 N–H and O–H groups in total. The van der Waals surface area contributed by atoms with E-state index in [0.29, 0.717) is 5.92 Å². The standard InChI is InChI=1S/C13H16FN/c1-3-4-10(2)13(9-15)11-5-7-12(14)8-6-11/h5-8,10,13H,3-4H2,1-2H3. The van der Waals surface area contributed by atoms with Crippen LogP contribution in [0.25, 0.3) is 0 Å². The van der Waals surface area contributed by atoms with Gasteiger partial charge in [0.2, 0.25) is 0 Å². The molecule has 0 bridgehead atoms. The van der Waals surface area contributed by atoms with E-state index < -0.39 is 0 Å². The zero-order chi connectivity index (χ0) is 11.3. The van der Waals surface area contributed by atoms with Crippen molar-refractivity contribution in [2.24, 2.45) is 5.92 Å². The van der Waals surface area contributed by atoms with Gasteiger partial charge in [0.15, 0.2) is 0 Å². The molecule has 0 aliphatic heterocycles. The Bertz CT molecular complexity index is 337. The molecule has 80 valence electrons. The van der Waals surface area contributed by atoms with Gasteiger partial charge in [-0.15, -0.1) is 0 Å². The zero-order valence-electron chi connectivity index (χ0n) is 9.20. The van der Waals surface area contributed by atoms with Crippen LogP contribution in [0.3, 0.4) is 0 Å². The minimum absolute atomic E-state index is 0.120. The summed E-state index contributed by atoms with van der Waals surface area (Å²) in [6.07, 6.45) is 2.09. The fourth-order valence-electron chi connectivity index (χ4n) is 1.82. The quantitative estimate of drug-likeness (QED) is 0.732. The number of nitrogens with zero attached hydrogens (tertiary/aromatic N) is 1. The molecule has 0 radical (unpaired) electrons. The molecule has 1 aromatic rings. The van der Waals surface area contributed by atoms with Crippen LogP contribution in [0, 0.1) is 23.1 Å². The summed E-state index contributed by atoms with van der Waals surface area (Å²) in [5, 5.41) is 9.10. The monoisotopic (exact) mass is 205 g/mol. The van der Waals surface area contributed by atoms with Crippen molar-refractivity contribution in [1.29, 1.82) is 5.26 Å². The first-order chi connectivity index (χ1) is 7.19. The van der Waals surface area contributed by atoms with Crippen LogP contribution in [-0.2, 0) is 0 Å². The van der Waals surface area contributed by atoms with Gasteiger partial charge in [0.1, 0.15) is 5.82 Å². The molecule has 2 heteroatoms. The number of hydrogen-bond acceptors (Lipinski definition) is 1. The van der Waals surface area contributed by atoms with Crippen LogP contribution in [0.15, 0.2) is 24.3 Å². The predicted molar refractivity (Wildman–Crippen MR) is 58.8 cm³/mol. The second kappa shape index (κ2) is 5.50. The molecule has 0 saturated heterocycles. The van der Waals surface area contributed by atoms with Crippen molar-refractivity contribution >= 4 is 0 Å². The summed E-state index contributed by atoms with van der Waals surface area (Å²) in [5.41, 5.74) is 0.917. The first-order valence-corrected chi connectivity index (χ1v) is 5.34. The average molecular weight is 205 g/mol. The van der Waals surface area contributed by atoms with Crippen LogP contribution < -0.4 is 0 Å². The SMILES string of the molecule is CCCC(C)C(C#N)c1ccc(F)cc1. The van der Waals surface area contributed by atoms with Crippen molar-refractivity contribution in [2.75, 3.05) is 0 Å². The maximum atomic E-state index is 12.7. The molecular formula is C13H16FN. The lowest BCUT2D eigenvalue weighted by Crippen LogP contribution is -2.07. The Morgan fingerprint density at radius 2 is 1.93 bits per heavy atom. The van der Waals surface area contributed by atoms with Gasteiger partial charge in [0.05, 0.1) is 12.0 Å². The Morgan fingerprint density at radius 1 is 1.33 bits per heavy atom. The van der Waals surface area contributed by atoms with Crippen LogP contribution >= 0.6 is 0 Å². The van der Waals surface area contributed by atoms with E-state index in [1.165, 1.54) is 12.1 Å². The first kappa shape index (κ1) is 11.7. The molecule has 1 rings (SSSR count). The number of benzene rings is 1. The van der Waals surface area contributed by atoms with Gasteiger partial charge in [-0.1, -0.05) is 32.4 Å². The lowest BCUT2D eigenvalue weighted by atomic mass is 9.86. The molecule has 0 saturated carbocycles. The smallest absolute Gasteiger partial charge is 0.123 e. The Hall–Kier alpha value is -1.36. The summed E-state index contributed by atoms with van der Waals surface area (Å²) < 4.78 is 12.7.